The molecular weight excluding hydrogens is 334 g/mol. The number of hydrogen-bond donors (Lipinski definition) is 1. The first-order chi connectivity index (χ1) is 10.1. The van der Waals surface area contributed by atoms with E-state index in [1.54, 1.807) is 12.3 Å². The van der Waals surface area contributed by atoms with Crippen molar-refractivity contribution < 1.29 is 13.9 Å². The molecule has 0 aliphatic carbocycles. The van der Waals surface area contributed by atoms with Crippen molar-refractivity contribution in [3.8, 4) is 5.75 Å². The highest BCUT2D eigenvalue weighted by Gasteiger charge is 2.04. The standard InChI is InChI=1S/C16H18BrNO3/c1-12-6-7-15(14(17)10-12)21-9-3-5-16(19)18-11-13-4-2-8-20-13/h2,4,6-8,10H,3,5,9,11H2,1H3,(H,18,19). The maximum Gasteiger partial charge on any atom is 0.220 e. The van der Waals surface area contributed by atoms with Crippen molar-refractivity contribution in [1.29, 1.82) is 0 Å². The molecule has 21 heavy (non-hydrogen) atoms. The lowest BCUT2D eigenvalue weighted by Gasteiger charge is -2.08. The van der Waals surface area contributed by atoms with Gasteiger partial charge in [-0.05, 0) is 59.1 Å². The molecule has 0 saturated heterocycles. The van der Waals surface area contributed by atoms with E-state index in [4.69, 9.17) is 9.15 Å². The largest absolute Gasteiger partial charge is 0.492 e. The number of aryl methyl sites for hydroxylation is 1. The highest BCUT2D eigenvalue weighted by Crippen LogP contribution is 2.25. The van der Waals surface area contributed by atoms with Crippen LogP contribution < -0.4 is 10.1 Å². The highest BCUT2D eigenvalue weighted by atomic mass is 79.9. The molecule has 1 amide bonds. The fourth-order valence-corrected chi connectivity index (χ4v) is 2.43. The van der Waals surface area contributed by atoms with Gasteiger partial charge in [0.05, 0.1) is 23.9 Å². The second-order valence-corrected chi connectivity index (χ2v) is 5.60. The quantitative estimate of drug-likeness (QED) is 0.771. The summed E-state index contributed by atoms with van der Waals surface area (Å²) in [4.78, 5) is 11.6. The van der Waals surface area contributed by atoms with Gasteiger partial charge in [0.15, 0.2) is 0 Å². The van der Waals surface area contributed by atoms with Gasteiger partial charge >= 0.3 is 0 Å². The van der Waals surface area contributed by atoms with Gasteiger partial charge in [-0.1, -0.05) is 6.07 Å². The summed E-state index contributed by atoms with van der Waals surface area (Å²) in [5.74, 6) is 1.55. The zero-order chi connectivity index (χ0) is 15.1. The van der Waals surface area contributed by atoms with E-state index in [0.29, 0.717) is 26.0 Å². The van der Waals surface area contributed by atoms with Crippen molar-refractivity contribution in [2.75, 3.05) is 6.61 Å². The Labute approximate surface area is 132 Å². The molecule has 0 radical (unpaired) electrons. The van der Waals surface area contributed by atoms with E-state index in [-0.39, 0.29) is 5.91 Å². The minimum atomic E-state index is -0.00188. The van der Waals surface area contributed by atoms with Crippen LogP contribution in [0.4, 0.5) is 0 Å². The van der Waals surface area contributed by atoms with Gasteiger partial charge in [0.2, 0.25) is 5.91 Å². The molecule has 5 heteroatoms. The van der Waals surface area contributed by atoms with Gasteiger partial charge in [-0.2, -0.15) is 0 Å². The number of nitrogens with one attached hydrogen (secondary N) is 1. The Morgan fingerprint density at radius 2 is 2.24 bits per heavy atom. The van der Waals surface area contributed by atoms with Crippen molar-refractivity contribution in [3.63, 3.8) is 0 Å². The van der Waals surface area contributed by atoms with Gasteiger partial charge in [0, 0.05) is 6.42 Å². The Balaban J connectivity index is 1.64. The zero-order valence-corrected chi connectivity index (χ0v) is 13.5. The monoisotopic (exact) mass is 351 g/mol. The number of carbonyl (C=O) groups is 1. The Kier molecular flexibility index (Phi) is 5.87. The van der Waals surface area contributed by atoms with Crippen molar-refractivity contribution in [3.05, 3.63) is 52.4 Å². The van der Waals surface area contributed by atoms with Crippen LogP contribution in [0.3, 0.4) is 0 Å². The van der Waals surface area contributed by atoms with E-state index in [1.165, 1.54) is 5.56 Å². The van der Waals surface area contributed by atoms with E-state index in [9.17, 15) is 4.79 Å². The van der Waals surface area contributed by atoms with E-state index in [2.05, 4.69) is 21.2 Å². The van der Waals surface area contributed by atoms with Crippen LogP contribution >= 0.6 is 15.9 Å². The van der Waals surface area contributed by atoms with Crippen molar-refractivity contribution in [2.45, 2.75) is 26.3 Å². The minimum absolute atomic E-state index is 0.00188. The van der Waals surface area contributed by atoms with Crippen molar-refractivity contribution >= 4 is 21.8 Å². The lowest BCUT2D eigenvalue weighted by atomic mass is 10.2. The smallest absolute Gasteiger partial charge is 0.220 e. The molecular formula is C16H18BrNO3. The lowest BCUT2D eigenvalue weighted by Crippen LogP contribution is -2.22. The molecule has 1 N–H and O–H groups in total. The van der Waals surface area contributed by atoms with Crippen LogP contribution in [-0.4, -0.2) is 12.5 Å². The van der Waals surface area contributed by atoms with Crippen LogP contribution in [0.2, 0.25) is 0 Å². The number of amides is 1. The molecule has 0 unspecified atom stereocenters. The molecule has 0 fully saturated rings. The molecule has 0 aliphatic heterocycles. The number of rotatable bonds is 7. The Hall–Kier alpha value is -1.75. The third-order valence-electron chi connectivity index (χ3n) is 2.93. The predicted molar refractivity (Wildman–Crippen MR) is 84.2 cm³/mol. The minimum Gasteiger partial charge on any atom is -0.492 e. The molecule has 2 rings (SSSR count). The van der Waals surface area contributed by atoms with E-state index in [1.807, 2.05) is 31.2 Å². The van der Waals surface area contributed by atoms with Gasteiger partial charge < -0.3 is 14.5 Å². The summed E-state index contributed by atoms with van der Waals surface area (Å²) in [6, 6.07) is 9.56. The topological polar surface area (TPSA) is 51.5 Å². The van der Waals surface area contributed by atoms with Crippen LogP contribution in [0.15, 0.2) is 45.5 Å². The average molecular weight is 352 g/mol. The number of furan rings is 1. The molecule has 0 atom stereocenters. The van der Waals surface area contributed by atoms with Crippen molar-refractivity contribution in [2.24, 2.45) is 0 Å². The van der Waals surface area contributed by atoms with Gasteiger partial charge in [0.1, 0.15) is 11.5 Å². The molecule has 1 aromatic heterocycles. The summed E-state index contributed by atoms with van der Waals surface area (Å²) < 4.78 is 11.7. The molecule has 1 aromatic carbocycles. The van der Waals surface area contributed by atoms with Crippen LogP contribution in [0.5, 0.6) is 5.75 Å². The lowest BCUT2D eigenvalue weighted by molar-refractivity contribution is -0.121. The molecule has 1 heterocycles. The molecule has 112 valence electrons. The third kappa shape index (κ3) is 5.27. The Morgan fingerprint density at radius 1 is 1.38 bits per heavy atom. The number of ether oxygens (including phenoxy) is 1. The van der Waals surface area contributed by atoms with Gasteiger partial charge in [-0.3, -0.25) is 4.79 Å². The summed E-state index contributed by atoms with van der Waals surface area (Å²) in [6.45, 7) is 2.96. The normalized spacial score (nSPS) is 10.4. The van der Waals surface area contributed by atoms with Crippen LogP contribution in [0, 0.1) is 6.92 Å². The Morgan fingerprint density at radius 3 is 2.95 bits per heavy atom. The first-order valence-electron chi connectivity index (χ1n) is 6.83. The third-order valence-corrected chi connectivity index (χ3v) is 3.55. The fourth-order valence-electron chi connectivity index (χ4n) is 1.83. The summed E-state index contributed by atoms with van der Waals surface area (Å²) in [5, 5.41) is 2.81. The SMILES string of the molecule is Cc1ccc(OCCCC(=O)NCc2ccco2)c(Br)c1. The second-order valence-electron chi connectivity index (χ2n) is 4.74. The summed E-state index contributed by atoms with van der Waals surface area (Å²) in [5.41, 5.74) is 1.17. The van der Waals surface area contributed by atoms with Gasteiger partial charge in [0.25, 0.3) is 0 Å². The molecule has 0 saturated carbocycles. The number of halogens is 1. The van der Waals surface area contributed by atoms with E-state index >= 15 is 0 Å². The van der Waals surface area contributed by atoms with Crippen LogP contribution in [-0.2, 0) is 11.3 Å². The summed E-state index contributed by atoms with van der Waals surface area (Å²) >= 11 is 3.46. The number of benzene rings is 1. The maximum atomic E-state index is 11.6. The molecule has 0 bridgehead atoms. The van der Waals surface area contributed by atoms with Crippen LogP contribution in [0.1, 0.15) is 24.2 Å². The summed E-state index contributed by atoms with van der Waals surface area (Å²) in [7, 11) is 0. The Bertz CT molecular complexity index is 581. The second kappa shape index (κ2) is 7.88. The first-order valence-corrected chi connectivity index (χ1v) is 7.62. The fraction of sp³-hybridized carbons (Fsp3) is 0.312. The average Bonchev–Trinajstić information content (AvgIpc) is 2.96. The molecule has 2 aromatic rings. The predicted octanol–water partition coefficient (Wildman–Crippen LogP) is 3.83. The molecule has 0 aliphatic rings. The van der Waals surface area contributed by atoms with Crippen molar-refractivity contribution in [1.82, 2.24) is 5.32 Å². The first kappa shape index (κ1) is 15.6. The zero-order valence-electron chi connectivity index (χ0n) is 11.9. The van der Waals surface area contributed by atoms with Crippen LogP contribution in [0.25, 0.3) is 0 Å². The molecule has 0 spiro atoms. The van der Waals surface area contributed by atoms with E-state index < -0.39 is 0 Å². The number of carbonyl (C=O) groups excluding carboxylic acids is 1. The maximum absolute atomic E-state index is 11.6. The number of hydrogen-bond acceptors (Lipinski definition) is 3. The summed E-state index contributed by atoms with van der Waals surface area (Å²) in [6.07, 6.45) is 2.70. The van der Waals surface area contributed by atoms with Gasteiger partial charge in [-0.25, -0.2) is 0 Å². The highest BCUT2D eigenvalue weighted by molar-refractivity contribution is 9.10. The van der Waals surface area contributed by atoms with E-state index in [0.717, 1.165) is 16.0 Å². The molecule has 4 nitrogen and oxygen atoms in total. The van der Waals surface area contributed by atoms with Gasteiger partial charge in [-0.15, -0.1) is 0 Å².